The van der Waals surface area contributed by atoms with Gasteiger partial charge in [0.2, 0.25) is 0 Å². The van der Waals surface area contributed by atoms with Gasteiger partial charge in [0.25, 0.3) is 0 Å². The largest absolute Gasteiger partial charge is 0.352 e. The summed E-state index contributed by atoms with van der Waals surface area (Å²) >= 11 is 2.19. The summed E-state index contributed by atoms with van der Waals surface area (Å²) in [5, 5.41) is 8.07. The summed E-state index contributed by atoms with van der Waals surface area (Å²) in [5.41, 5.74) is 3.25. The summed E-state index contributed by atoms with van der Waals surface area (Å²) < 4.78 is 2.33. The van der Waals surface area contributed by atoms with Crippen molar-refractivity contribution in [2.24, 2.45) is 4.99 Å². The van der Waals surface area contributed by atoms with Crippen LogP contribution in [0.15, 0.2) is 29.4 Å². The molecule has 2 fully saturated rings. The fraction of sp³-hybridized carbons (Fsp3) is 0.591. The Balaban J connectivity index is 0.00000256. The lowest BCUT2D eigenvalue weighted by Crippen LogP contribution is -2.53. The molecule has 0 bridgehead atoms. The number of hydrogen-bond acceptors (Lipinski definition) is 4. The fourth-order valence-electron chi connectivity index (χ4n) is 4.55. The second kappa shape index (κ2) is 10.3. The zero-order valence-corrected chi connectivity index (χ0v) is 21.4. The van der Waals surface area contributed by atoms with Crippen LogP contribution in [-0.2, 0) is 6.54 Å². The fourth-order valence-corrected chi connectivity index (χ4v) is 6.11. The smallest absolute Gasteiger partial charge is 0.193 e. The van der Waals surface area contributed by atoms with Crippen LogP contribution in [0.3, 0.4) is 0 Å². The van der Waals surface area contributed by atoms with Crippen LogP contribution in [0, 0.1) is 13.8 Å². The molecule has 2 aromatic rings. The summed E-state index contributed by atoms with van der Waals surface area (Å²) in [7, 11) is 1.89. The molecule has 8 heteroatoms. The van der Waals surface area contributed by atoms with Gasteiger partial charge in [-0.15, -0.1) is 24.0 Å². The number of aryl methyl sites for hydroxylation is 2. The number of nitrogens with one attached hydrogen (secondary N) is 1. The van der Waals surface area contributed by atoms with E-state index in [0.717, 1.165) is 48.4 Å². The first-order valence-electron chi connectivity index (χ1n) is 10.7. The molecular formula is C22H33IN6S. The summed E-state index contributed by atoms with van der Waals surface area (Å²) in [6.07, 6.45) is 8.78. The van der Waals surface area contributed by atoms with E-state index in [1.165, 1.54) is 37.9 Å². The molecule has 0 radical (unpaired) electrons. The van der Waals surface area contributed by atoms with Crippen molar-refractivity contribution in [2.75, 3.05) is 25.9 Å². The van der Waals surface area contributed by atoms with Crippen molar-refractivity contribution in [1.82, 2.24) is 25.0 Å². The minimum absolute atomic E-state index is 0. The number of rotatable bonds is 3. The highest BCUT2D eigenvalue weighted by Gasteiger charge is 2.38. The number of halogens is 1. The average Bonchev–Trinajstić information content (AvgIpc) is 3.07. The van der Waals surface area contributed by atoms with Gasteiger partial charge in [0.15, 0.2) is 11.8 Å². The van der Waals surface area contributed by atoms with Crippen LogP contribution < -0.4 is 5.32 Å². The minimum Gasteiger partial charge on any atom is -0.352 e. The van der Waals surface area contributed by atoms with Gasteiger partial charge in [-0.05, 0) is 44.4 Å². The highest BCUT2D eigenvalue weighted by Crippen LogP contribution is 2.42. The van der Waals surface area contributed by atoms with Gasteiger partial charge >= 0.3 is 0 Å². The van der Waals surface area contributed by atoms with Crippen LogP contribution in [0.25, 0.3) is 5.82 Å². The van der Waals surface area contributed by atoms with Crippen LogP contribution in [0.2, 0.25) is 0 Å². The standard InChI is InChI=1S/C22H32N6S.HI/c1-17-13-18(2)28(26-17)20-8-7-19(14-24-20)15-25-21(23-3)27-11-12-29-22(16-27)9-5-4-6-10-22;/h7-8,13-14H,4-6,9-12,15-16H2,1-3H3,(H,23,25);1H. The third-order valence-corrected chi connectivity index (χ3v) is 7.55. The molecule has 1 spiro atoms. The summed E-state index contributed by atoms with van der Waals surface area (Å²) in [5.74, 6) is 3.06. The molecule has 1 aliphatic heterocycles. The Morgan fingerprint density at radius 3 is 2.67 bits per heavy atom. The number of aromatic nitrogens is 3. The van der Waals surface area contributed by atoms with Crippen molar-refractivity contribution in [3.05, 3.63) is 41.3 Å². The number of hydrogen-bond donors (Lipinski definition) is 1. The molecule has 30 heavy (non-hydrogen) atoms. The van der Waals surface area contributed by atoms with E-state index in [9.17, 15) is 0 Å². The third-order valence-electron chi connectivity index (χ3n) is 6.01. The Bertz CT molecular complexity index is 852. The molecule has 1 N–H and O–H groups in total. The molecule has 1 saturated heterocycles. The summed E-state index contributed by atoms with van der Waals surface area (Å²) in [6, 6.07) is 6.22. The van der Waals surface area contributed by atoms with Crippen molar-refractivity contribution >= 4 is 41.7 Å². The second-order valence-corrected chi connectivity index (χ2v) is 9.84. The molecule has 1 saturated carbocycles. The molecule has 1 aliphatic carbocycles. The Labute approximate surface area is 201 Å². The lowest BCUT2D eigenvalue weighted by molar-refractivity contribution is 0.293. The molecule has 6 nitrogen and oxygen atoms in total. The van der Waals surface area contributed by atoms with Crippen molar-refractivity contribution in [1.29, 1.82) is 0 Å². The monoisotopic (exact) mass is 540 g/mol. The maximum absolute atomic E-state index is 4.61. The van der Waals surface area contributed by atoms with E-state index in [4.69, 9.17) is 0 Å². The first-order chi connectivity index (χ1) is 14.1. The predicted molar refractivity (Wildman–Crippen MR) is 136 cm³/mol. The second-order valence-electron chi connectivity index (χ2n) is 8.28. The normalized spacial score (nSPS) is 18.9. The summed E-state index contributed by atoms with van der Waals surface area (Å²) in [4.78, 5) is 11.6. The third kappa shape index (κ3) is 5.30. The molecule has 2 aliphatic rings. The molecule has 164 valence electrons. The van der Waals surface area contributed by atoms with Crippen molar-refractivity contribution in [3.8, 4) is 5.82 Å². The van der Waals surface area contributed by atoms with Gasteiger partial charge in [0, 0.05) is 49.1 Å². The van der Waals surface area contributed by atoms with E-state index < -0.39 is 0 Å². The van der Waals surface area contributed by atoms with Crippen LogP contribution in [0.5, 0.6) is 0 Å². The molecule has 4 rings (SSSR count). The quantitative estimate of drug-likeness (QED) is 0.357. The zero-order valence-electron chi connectivity index (χ0n) is 18.2. The van der Waals surface area contributed by atoms with Crippen molar-refractivity contribution in [3.63, 3.8) is 0 Å². The minimum atomic E-state index is 0. The topological polar surface area (TPSA) is 58.3 Å². The number of aliphatic imine (C=N–C) groups is 1. The molecule has 3 heterocycles. The lowest BCUT2D eigenvalue weighted by Gasteiger charge is -2.45. The van der Waals surface area contributed by atoms with E-state index in [2.05, 4.69) is 56.1 Å². The zero-order chi connectivity index (χ0) is 20.3. The van der Waals surface area contributed by atoms with Gasteiger partial charge in [0.05, 0.1) is 5.69 Å². The lowest BCUT2D eigenvalue weighted by atomic mass is 9.87. The maximum atomic E-state index is 4.61. The number of nitrogens with zero attached hydrogens (tertiary/aromatic N) is 5. The van der Waals surface area contributed by atoms with Crippen molar-refractivity contribution in [2.45, 2.75) is 57.2 Å². The van der Waals surface area contributed by atoms with Gasteiger partial charge < -0.3 is 10.2 Å². The maximum Gasteiger partial charge on any atom is 0.193 e. The van der Waals surface area contributed by atoms with Crippen LogP contribution in [0.1, 0.15) is 49.1 Å². The van der Waals surface area contributed by atoms with E-state index in [0.29, 0.717) is 4.75 Å². The highest BCUT2D eigenvalue weighted by atomic mass is 127. The Morgan fingerprint density at radius 1 is 1.23 bits per heavy atom. The average molecular weight is 541 g/mol. The van der Waals surface area contributed by atoms with Crippen LogP contribution in [-0.4, -0.2) is 56.3 Å². The molecule has 0 amide bonds. The first kappa shape index (κ1) is 23.4. The van der Waals surface area contributed by atoms with Crippen LogP contribution >= 0.6 is 35.7 Å². The molecule has 2 aromatic heterocycles. The SMILES string of the molecule is CN=C(NCc1ccc(-n2nc(C)cc2C)nc1)N1CCSC2(CCCCC2)C1.I. The van der Waals surface area contributed by atoms with E-state index in [1.807, 2.05) is 30.9 Å². The van der Waals surface area contributed by atoms with E-state index in [-0.39, 0.29) is 24.0 Å². The van der Waals surface area contributed by atoms with Crippen LogP contribution in [0.4, 0.5) is 0 Å². The van der Waals surface area contributed by atoms with E-state index in [1.54, 1.807) is 0 Å². The van der Waals surface area contributed by atoms with E-state index >= 15 is 0 Å². The van der Waals surface area contributed by atoms with Crippen molar-refractivity contribution < 1.29 is 0 Å². The Hall–Kier alpha value is -1.29. The van der Waals surface area contributed by atoms with Gasteiger partial charge in [-0.2, -0.15) is 16.9 Å². The number of guanidine groups is 1. The Morgan fingerprint density at radius 2 is 2.03 bits per heavy atom. The van der Waals surface area contributed by atoms with Gasteiger partial charge in [-0.1, -0.05) is 25.3 Å². The Kier molecular flexibility index (Phi) is 8.06. The van der Waals surface area contributed by atoms with Gasteiger partial charge in [0.1, 0.15) is 0 Å². The predicted octanol–water partition coefficient (Wildman–Crippen LogP) is 4.33. The molecule has 0 atom stereocenters. The summed E-state index contributed by atoms with van der Waals surface area (Å²) in [6.45, 7) is 6.97. The highest BCUT2D eigenvalue weighted by molar-refractivity contribution is 14.0. The van der Waals surface area contributed by atoms with Gasteiger partial charge in [-0.3, -0.25) is 4.99 Å². The number of pyridine rings is 1. The molecule has 0 aromatic carbocycles. The van der Waals surface area contributed by atoms with Gasteiger partial charge in [-0.25, -0.2) is 9.67 Å². The molecular weight excluding hydrogens is 507 g/mol. The molecule has 0 unspecified atom stereocenters. The number of thioether (sulfide) groups is 1. The first-order valence-corrected chi connectivity index (χ1v) is 11.7.